The third-order valence-electron chi connectivity index (χ3n) is 4.09. The van der Waals surface area contributed by atoms with Crippen LogP contribution in [0.2, 0.25) is 0 Å². The molecule has 120 valence electrons. The van der Waals surface area contributed by atoms with Crippen molar-refractivity contribution in [2.45, 2.75) is 0 Å². The van der Waals surface area contributed by atoms with Gasteiger partial charge in [0.2, 0.25) is 7.98 Å². The van der Waals surface area contributed by atoms with Crippen LogP contribution in [0, 0.1) is 17.1 Å². The number of rotatable bonds is 2. The second kappa shape index (κ2) is 5.35. The van der Waals surface area contributed by atoms with Crippen LogP contribution in [0.5, 0.6) is 0 Å². The zero-order chi connectivity index (χ0) is 17.7. The summed E-state index contributed by atoms with van der Waals surface area (Å²) in [6, 6.07) is 8.05. The highest BCUT2D eigenvalue weighted by Gasteiger charge is 2.17. The number of nitriles is 1. The number of pyridine rings is 1. The summed E-state index contributed by atoms with van der Waals surface area (Å²) in [5, 5.41) is 9.90. The number of fused-ring (bicyclic) bond motifs is 3. The number of benzene rings is 1. The largest absolute Gasteiger partial charge is 0.411 e. The Kier molecular flexibility index (Phi) is 3.25. The molecule has 0 fully saturated rings. The topological polar surface area (TPSA) is 73.5 Å². The molecule has 4 rings (SSSR count). The Morgan fingerprint density at radius 1 is 1.32 bits per heavy atom. The van der Waals surface area contributed by atoms with Gasteiger partial charge in [0.05, 0.1) is 23.5 Å². The average Bonchev–Trinajstić information content (AvgIpc) is 3.16. The lowest BCUT2D eigenvalue weighted by Gasteiger charge is -2.12. The number of aromatic amines is 1. The van der Waals surface area contributed by atoms with Crippen LogP contribution in [-0.2, 0) is 7.05 Å². The van der Waals surface area contributed by atoms with Crippen molar-refractivity contribution in [1.82, 2.24) is 19.5 Å². The van der Waals surface area contributed by atoms with Crippen LogP contribution in [0.15, 0.2) is 30.6 Å². The molecule has 0 bridgehead atoms. The molecule has 0 saturated heterocycles. The molecule has 0 aliphatic heterocycles. The fourth-order valence-electron chi connectivity index (χ4n) is 2.99. The first kappa shape index (κ1) is 15.2. The van der Waals surface area contributed by atoms with E-state index in [-0.39, 0.29) is 5.56 Å². The van der Waals surface area contributed by atoms with Gasteiger partial charge in [0.15, 0.2) is 0 Å². The molecule has 3 aromatic heterocycles. The van der Waals surface area contributed by atoms with Crippen molar-refractivity contribution in [2.24, 2.45) is 7.05 Å². The van der Waals surface area contributed by atoms with Gasteiger partial charge < -0.3 is 14.4 Å². The first-order chi connectivity index (χ1) is 12.0. The smallest absolute Gasteiger partial charge is 0.228 e. The molecule has 0 saturated carbocycles. The van der Waals surface area contributed by atoms with E-state index in [1.54, 1.807) is 19.4 Å². The Balaban J connectivity index is 2.03. The summed E-state index contributed by atoms with van der Waals surface area (Å²) in [7, 11) is 9.46. The SMILES string of the molecule is [B]N(C)c1nc2[nH]c(-c3cc(F)cc(C#N)c3)cc2c2c1ncn2C. The number of nitrogens with zero attached hydrogens (tertiary/aromatic N) is 5. The molecule has 0 spiro atoms. The highest BCUT2D eigenvalue weighted by molar-refractivity contribution is 6.20. The molecule has 0 atom stereocenters. The van der Waals surface area contributed by atoms with Gasteiger partial charge in [-0.1, -0.05) is 0 Å². The van der Waals surface area contributed by atoms with Crippen LogP contribution in [0.4, 0.5) is 10.2 Å². The summed E-state index contributed by atoms with van der Waals surface area (Å²) >= 11 is 0. The maximum absolute atomic E-state index is 13.8. The highest BCUT2D eigenvalue weighted by Crippen LogP contribution is 2.32. The molecule has 0 unspecified atom stereocenters. The van der Waals surface area contributed by atoms with Gasteiger partial charge in [-0.3, -0.25) is 0 Å². The van der Waals surface area contributed by atoms with Gasteiger partial charge >= 0.3 is 0 Å². The van der Waals surface area contributed by atoms with Crippen LogP contribution in [-0.4, -0.2) is 34.5 Å². The lowest BCUT2D eigenvalue weighted by Crippen LogP contribution is -2.13. The number of aryl methyl sites for hydroxylation is 1. The second-order valence-corrected chi connectivity index (χ2v) is 5.88. The maximum Gasteiger partial charge on any atom is 0.228 e. The van der Waals surface area contributed by atoms with Crippen molar-refractivity contribution in [3.8, 4) is 17.3 Å². The molecule has 6 nitrogen and oxygen atoms in total. The zero-order valence-electron chi connectivity index (χ0n) is 13.6. The van der Waals surface area contributed by atoms with Crippen LogP contribution < -0.4 is 4.81 Å². The predicted molar refractivity (Wildman–Crippen MR) is 94.6 cm³/mol. The summed E-state index contributed by atoms with van der Waals surface area (Å²) < 4.78 is 15.7. The Hall–Kier alpha value is -3.34. The minimum Gasteiger partial charge on any atom is -0.411 e. The molecule has 4 aromatic rings. The number of nitrogens with one attached hydrogen (secondary N) is 1. The number of H-pyrrole nitrogens is 1. The fourth-order valence-corrected chi connectivity index (χ4v) is 2.99. The summed E-state index contributed by atoms with van der Waals surface area (Å²) in [4.78, 5) is 13.5. The van der Waals surface area contributed by atoms with Gasteiger partial charge in [-0.15, -0.1) is 0 Å². The molecular formula is C17H12BFN6. The van der Waals surface area contributed by atoms with E-state index in [9.17, 15) is 4.39 Å². The molecule has 3 heterocycles. The summed E-state index contributed by atoms with van der Waals surface area (Å²) in [5.41, 5.74) is 3.67. The van der Waals surface area contributed by atoms with E-state index >= 15 is 0 Å². The maximum atomic E-state index is 13.8. The number of imidazole rings is 1. The Labute approximate surface area is 144 Å². The van der Waals surface area contributed by atoms with E-state index in [2.05, 4.69) is 15.0 Å². The van der Waals surface area contributed by atoms with Crippen molar-refractivity contribution in [3.63, 3.8) is 0 Å². The van der Waals surface area contributed by atoms with E-state index in [1.807, 2.05) is 23.8 Å². The molecule has 8 heteroatoms. The van der Waals surface area contributed by atoms with Gasteiger partial charge in [-0.25, -0.2) is 14.4 Å². The fraction of sp³-hybridized carbons (Fsp3) is 0.118. The van der Waals surface area contributed by atoms with E-state index < -0.39 is 5.82 Å². The first-order valence-electron chi connectivity index (χ1n) is 7.51. The zero-order valence-corrected chi connectivity index (χ0v) is 13.6. The van der Waals surface area contributed by atoms with Crippen molar-refractivity contribution < 1.29 is 4.39 Å². The van der Waals surface area contributed by atoms with E-state index in [1.165, 1.54) is 16.9 Å². The lowest BCUT2D eigenvalue weighted by molar-refractivity contribution is 0.628. The third kappa shape index (κ3) is 2.32. The minimum atomic E-state index is -0.464. The molecular weight excluding hydrogens is 318 g/mol. The number of hydrogen-bond acceptors (Lipinski definition) is 4. The van der Waals surface area contributed by atoms with Gasteiger partial charge in [-0.05, 0) is 31.3 Å². The number of anilines is 1. The third-order valence-corrected chi connectivity index (χ3v) is 4.09. The Morgan fingerprint density at radius 2 is 2.12 bits per heavy atom. The van der Waals surface area contributed by atoms with Gasteiger partial charge in [0.1, 0.15) is 22.8 Å². The van der Waals surface area contributed by atoms with Gasteiger partial charge in [0.25, 0.3) is 0 Å². The number of halogens is 1. The minimum absolute atomic E-state index is 0.259. The van der Waals surface area contributed by atoms with Crippen molar-refractivity contribution in [1.29, 1.82) is 5.26 Å². The van der Waals surface area contributed by atoms with Crippen molar-refractivity contribution in [3.05, 3.63) is 42.0 Å². The average molecular weight is 330 g/mol. The molecule has 2 radical (unpaired) electrons. The molecule has 0 aliphatic carbocycles. The molecule has 1 N–H and O–H groups in total. The molecule has 0 amide bonds. The summed E-state index contributed by atoms with van der Waals surface area (Å²) in [6.45, 7) is 0. The second-order valence-electron chi connectivity index (χ2n) is 5.88. The highest BCUT2D eigenvalue weighted by atomic mass is 19.1. The molecule has 1 aromatic carbocycles. The first-order valence-corrected chi connectivity index (χ1v) is 7.51. The number of aromatic nitrogens is 4. The number of hydrogen-bond donors (Lipinski definition) is 1. The van der Waals surface area contributed by atoms with Crippen LogP contribution in [0.25, 0.3) is 33.3 Å². The molecule has 0 aliphatic rings. The van der Waals surface area contributed by atoms with E-state index in [0.717, 1.165) is 10.9 Å². The van der Waals surface area contributed by atoms with Crippen molar-refractivity contribution in [2.75, 3.05) is 11.9 Å². The van der Waals surface area contributed by atoms with Gasteiger partial charge in [-0.2, -0.15) is 5.26 Å². The quantitative estimate of drug-likeness (QED) is 0.574. The van der Waals surface area contributed by atoms with E-state index in [0.29, 0.717) is 28.2 Å². The van der Waals surface area contributed by atoms with Gasteiger partial charge in [0, 0.05) is 23.7 Å². The Morgan fingerprint density at radius 3 is 2.84 bits per heavy atom. The lowest BCUT2D eigenvalue weighted by atomic mass is 10.1. The normalized spacial score (nSPS) is 11.1. The Bertz CT molecular complexity index is 1170. The summed E-state index contributed by atoms with van der Waals surface area (Å²) in [6.07, 6.45) is 1.70. The van der Waals surface area contributed by atoms with Crippen LogP contribution in [0.1, 0.15) is 5.56 Å². The van der Waals surface area contributed by atoms with Crippen molar-refractivity contribution >= 4 is 35.9 Å². The van der Waals surface area contributed by atoms with Crippen LogP contribution in [0.3, 0.4) is 0 Å². The standard InChI is InChI=1S/C17H12BFN6/c1-24-8-21-14-15(24)12-6-13(22-16(12)23-17(14)25(2)18)10-3-9(7-20)4-11(19)5-10/h3-6,8H,1-2H3,(H,22,23). The molecule has 25 heavy (non-hydrogen) atoms. The monoisotopic (exact) mass is 330 g/mol. The predicted octanol–water partition coefficient (Wildman–Crippen LogP) is 2.65. The van der Waals surface area contributed by atoms with Crippen LogP contribution >= 0.6 is 0 Å². The van der Waals surface area contributed by atoms with E-state index in [4.69, 9.17) is 13.2 Å². The summed E-state index contributed by atoms with van der Waals surface area (Å²) in [5.74, 6) is 0.0715.